The highest BCUT2D eigenvalue weighted by molar-refractivity contribution is 7.91. The number of pyridine rings is 1. The highest BCUT2D eigenvalue weighted by atomic mass is 32.2. The Morgan fingerprint density at radius 1 is 1.00 bits per heavy atom. The second-order valence-electron chi connectivity index (χ2n) is 13.0. The fourth-order valence-corrected chi connectivity index (χ4v) is 9.15. The number of sulfone groups is 1. The molecule has 13 heteroatoms. The van der Waals surface area contributed by atoms with Crippen LogP contribution in [-0.2, 0) is 21.2 Å². The fourth-order valence-electron chi connectivity index (χ4n) is 7.96. The predicted molar refractivity (Wildman–Crippen MR) is 166 cm³/mol. The van der Waals surface area contributed by atoms with E-state index in [-0.39, 0.29) is 47.6 Å². The molecular formula is C33H38F2N4O6S. The molecule has 0 saturated heterocycles. The summed E-state index contributed by atoms with van der Waals surface area (Å²) in [5.74, 6) is 2.32. The topological polar surface area (TPSA) is 129 Å². The second-order valence-corrected chi connectivity index (χ2v) is 15.0. The van der Waals surface area contributed by atoms with E-state index in [4.69, 9.17) is 9.47 Å². The van der Waals surface area contributed by atoms with Crippen LogP contribution in [0.1, 0.15) is 69.0 Å². The van der Waals surface area contributed by atoms with Crippen LogP contribution in [0.5, 0.6) is 11.5 Å². The van der Waals surface area contributed by atoms with E-state index >= 15 is 0 Å². The normalized spacial score (nSPS) is 23.5. The van der Waals surface area contributed by atoms with Gasteiger partial charge in [0.2, 0.25) is 20.9 Å². The Morgan fingerprint density at radius 2 is 1.67 bits per heavy atom. The highest BCUT2D eigenvalue weighted by Gasteiger charge is 2.51. The van der Waals surface area contributed by atoms with Crippen molar-refractivity contribution in [2.75, 3.05) is 20.0 Å². The number of halogens is 2. The summed E-state index contributed by atoms with van der Waals surface area (Å²) >= 11 is 0. The maximum absolute atomic E-state index is 13.9. The molecule has 1 aromatic carbocycles. The number of amides is 1. The molecule has 0 atom stereocenters. The minimum absolute atomic E-state index is 0.00346. The van der Waals surface area contributed by atoms with Crippen LogP contribution in [0, 0.1) is 17.8 Å². The summed E-state index contributed by atoms with van der Waals surface area (Å²) in [6.07, 6.45) is 5.08. The van der Waals surface area contributed by atoms with Crippen molar-refractivity contribution in [3.63, 3.8) is 0 Å². The number of hydrogen-bond acceptors (Lipinski definition) is 8. The number of rotatable bonds is 12. The zero-order valence-electron chi connectivity index (χ0n) is 25.9. The second kappa shape index (κ2) is 12.7. The molecule has 0 aliphatic heterocycles. The van der Waals surface area contributed by atoms with Gasteiger partial charge in [0.25, 0.3) is 12.0 Å². The van der Waals surface area contributed by atoms with Gasteiger partial charge >= 0.3 is 0 Å². The molecular weight excluding hydrogens is 618 g/mol. The first kappa shape index (κ1) is 32.1. The number of aromatic nitrogens is 3. The molecule has 4 bridgehead atoms. The minimum Gasteiger partial charge on any atom is -0.493 e. The van der Waals surface area contributed by atoms with E-state index in [0.717, 1.165) is 25.3 Å². The Balaban J connectivity index is 1.17. The molecule has 4 aliphatic rings. The number of carbonyl (C=O) groups is 1. The average Bonchev–Trinajstić information content (AvgIpc) is 3.00. The monoisotopic (exact) mass is 656 g/mol. The van der Waals surface area contributed by atoms with Gasteiger partial charge in [0.1, 0.15) is 5.69 Å². The first-order valence-electron chi connectivity index (χ1n) is 15.6. The molecule has 0 radical (unpaired) electrons. The molecule has 4 aliphatic carbocycles. The highest BCUT2D eigenvalue weighted by Crippen LogP contribution is 2.55. The number of nitrogens with zero attached hydrogens (tertiary/aromatic N) is 3. The van der Waals surface area contributed by atoms with Crippen LogP contribution in [0.2, 0.25) is 0 Å². The number of carbonyl (C=O) groups excluding carboxylic acids is 1. The largest absolute Gasteiger partial charge is 0.493 e. The lowest BCUT2D eigenvalue weighted by atomic mass is 9.53. The molecule has 0 spiro atoms. The summed E-state index contributed by atoms with van der Waals surface area (Å²) in [5.41, 5.74) is -0.379. The van der Waals surface area contributed by atoms with Crippen molar-refractivity contribution in [3.05, 3.63) is 64.2 Å². The van der Waals surface area contributed by atoms with Crippen LogP contribution >= 0.6 is 0 Å². The lowest BCUT2D eigenvalue weighted by molar-refractivity contribution is -0.126. The van der Waals surface area contributed by atoms with E-state index in [2.05, 4.69) is 15.3 Å². The average molecular weight is 657 g/mol. The molecule has 46 heavy (non-hydrogen) atoms. The summed E-state index contributed by atoms with van der Waals surface area (Å²) in [7, 11) is -1.20. The number of benzene rings is 1. The van der Waals surface area contributed by atoms with E-state index in [9.17, 15) is 26.8 Å². The Bertz CT molecular complexity index is 1760. The van der Waals surface area contributed by atoms with Gasteiger partial charge in [-0.2, -0.15) is 0 Å². The number of alkyl halides is 2. The van der Waals surface area contributed by atoms with E-state index in [0.29, 0.717) is 34.8 Å². The quantitative estimate of drug-likeness (QED) is 0.271. The van der Waals surface area contributed by atoms with Crippen molar-refractivity contribution in [2.45, 2.75) is 75.0 Å². The van der Waals surface area contributed by atoms with Gasteiger partial charge in [0.05, 0.1) is 32.2 Å². The number of hydrogen-bond donors (Lipinski definition) is 1. The van der Waals surface area contributed by atoms with Gasteiger partial charge in [-0.3, -0.25) is 9.59 Å². The number of ether oxygens (including phenoxy) is 2. The van der Waals surface area contributed by atoms with Gasteiger partial charge in [0, 0.05) is 29.8 Å². The zero-order chi connectivity index (χ0) is 32.6. The molecule has 7 rings (SSSR count). The molecule has 1 N–H and O–H groups in total. The van der Waals surface area contributed by atoms with Gasteiger partial charge in [-0.1, -0.05) is 6.07 Å². The van der Waals surface area contributed by atoms with Gasteiger partial charge in [-0.25, -0.2) is 27.2 Å². The van der Waals surface area contributed by atoms with E-state index < -0.39 is 32.9 Å². The van der Waals surface area contributed by atoms with Crippen LogP contribution in [0.4, 0.5) is 8.78 Å². The molecule has 2 aromatic heterocycles. The van der Waals surface area contributed by atoms with Crippen LogP contribution in [0.3, 0.4) is 0 Å². The van der Waals surface area contributed by atoms with E-state index in [1.165, 1.54) is 56.4 Å². The Kier molecular flexibility index (Phi) is 8.88. The van der Waals surface area contributed by atoms with Crippen molar-refractivity contribution in [3.8, 4) is 22.8 Å². The lowest BCUT2D eigenvalue weighted by Crippen LogP contribution is -2.59. The van der Waals surface area contributed by atoms with Crippen LogP contribution in [0.25, 0.3) is 11.3 Å². The van der Waals surface area contributed by atoms with E-state index in [1.807, 2.05) is 0 Å². The third-order valence-corrected chi connectivity index (χ3v) is 11.1. The molecule has 4 saturated carbocycles. The van der Waals surface area contributed by atoms with Crippen LogP contribution in [-0.4, -0.2) is 54.4 Å². The van der Waals surface area contributed by atoms with Gasteiger partial charge in [-0.15, -0.1) is 0 Å². The SMILES string of the molecule is COc1ccc(Cn2cc(-c3cc(C(F)F)nc(S(=O)(=O)CCCC(=O)NC45CC6CC(CC(C6)C4)C5)n3)ccc2=O)cc1OC. The predicted octanol–water partition coefficient (Wildman–Crippen LogP) is 4.95. The van der Waals surface area contributed by atoms with Crippen LogP contribution in [0.15, 0.2) is 52.5 Å². The molecule has 10 nitrogen and oxygen atoms in total. The number of nitrogens with one attached hydrogen (secondary N) is 1. The third kappa shape index (κ3) is 6.79. The Labute approximate surface area is 266 Å². The third-order valence-electron chi connectivity index (χ3n) is 9.57. The van der Waals surface area contributed by atoms with Gasteiger partial charge in [0.15, 0.2) is 11.5 Å². The first-order chi connectivity index (χ1) is 22.0. The summed E-state index contributed by atoms with van der Waals surface area (Å²) in [6.45, 7) is 0.121. The Hall–Kier alpha value is -3.87. The smallest absolute Gasteiger partial charge is 0.280 e. The standard InChI is InChI=1S/C33H38F2N4O6S/c1-44-27-7-5-20(13-28(27)45-2)18-39-19-24(6-8-30(39)41)25-14-26(31(34)35)37-32(36-25)46(42,43)9-3-4-29(40)38-33-15-21-10-22(16-33)12-23(11-21)17-33/h5-8,13-14,19,21-23,31H,3-4,9-12,15-18H2,1-2H3,(H,38,40). The van der Waals surface area contributed by atoms with Gasteiger partial charge < -0.3 is 19.4 Å². The molecule has 0 unspecified atom stereocenters. The molecule has 2 heterocycles. The lowest BCUT2D eigenvalue weighted by Gasteiger charge is -2.56. The molecule has 3 aromatic rings. The van der Waals surface area contributed by atoms with Crippen LogP contribution < -0.4 is 20.3 Å². The maximum Gasteiger partial charge on any atom is 0.280 e. The summed E-state index contributed by atoms with van der Waals surface area (Å²) in [5, 5.41) is 2.50. The Morgan fingerprint density at radius 3 is 2.30 bits per heavy atom. The summed E-state index contributed by atoms with van der Waals surface area (Å²) in [6, 6.07) is 8.85. The summed E-state index contributed by atoms with van der Waals surface area (Å²) < 4.78 is 66.3. The first-order valence-corrected chi connectivity index (χ1v) is 17.2. The summed E-state index contributed by atoms with van der Waals surface area (Å²) in [4.78, 5) is 33.4. The van der Waals surface area contributed by atoms with Crippen molar-refractivity contribution >= 4 is 15.7 Å². The van der Waals surface area contributed by atoms with Crippen molar-refractivity contribution in [1.82, 2.24) is 19.9 Å². The maximum atomic E-state index is 13.9. The van der Waals surface area contributed by atoms with Gasteiger partial charge in [-0.05, 0) is 92.5 Å². The minimum atomic E-state index is -4.21. The zero-order valence-corrected chi connectivity index (χ0v) is 26.7. The number of methoxy groups -OCH3 is 2. The van der Waals surface area contributed by atoms with E-state index in [1.54, 1.807) is 18.2 Å². The van der Waals surface area contributed by atoms with Crippen molar-refractivity contribution < 1.29 is 31.5 Å². The molecule has 4 fully saturated rings. The molecule has 246 valence electrons. The fraction of sp³-hybridized carbons (Fsp3) is 0.515. The molecule has 1 amide bonds. The van der Waals surface area contributed by atoms with Crippen molar-refractivity contribution in [1.29, 1.82) is 0 Å². The van der Waals surface area contributed by atoms with Crippen molar-refractivity contribution in [2.24, 2.45) is 17.8 Å².